The van der Waals surface area contributed by atoms with E-state index in [9.17, 15) is 14.4 Å². The van der Waals surface area contributed by atoms with E-state index in [0.717, 1.165) is 0 Å². The zero-order valence-electron chi connectivity index (χ0n) is 9.52. The summed E-state index contributed by atoms with van der Waals surface area (Å²) >= 11 is 0. The van der Waals surface area contributed by atoms with Gasteiger partial charge in [0.1, 0.15) is 6.54 Å². The number of amides is 2. The molecule has 7 nitrogen and oxygen atoms in total. The second kappa shape index (κ2) is 6.65. The lowest BCUT2D eigenvalue weighted by atomic mass is 10.2. The molecule has 92 valence electrons. The van der Waals surface area contributed by atoms with E-state index in [2.05, 4.69) is 10.1 Å². The maximum absolute atomic E-state index is 11.4. The summed E-state index contributed by atoms with van der Waals surface area (Å²) in [6.45, 7) is 1.38. The number of hydrogen-bond acceptors (Lipinski definition) is 4. The van der Waals surface area contributed by atoms with Gasteiger partial charge in [0.15, 0.2) is 0 Å². The van der Waals surface area contributed by atoms with Crippen molar-refractivity contribution in [3.63, 3.8) is 0 Å². The number of carbonyl (C=O) groups is 3. The van der Waals surface area contributed by atoms with E-state index in [4.69, 9.17) is 5.11 Å². The van der Waals surface area contributed by atoms with Crippen LogP contribution in [0, 0.1) is 5.92 Å². The van der Waals surface area contributed by atoms with Gasteiger partial charge in [-0.05, 0) is 0 Å². The van der Waals surface area contributed by atoms with Crippen LogP contribution in [-0.4, -0.2) is 55.2 Å². The van der Waals surface area contributed by atoms with Crippen molar-refractivity contribution in [3.8, 4) is 0 Å². The predicted octanol–water partition coefficient (Wildman–Crippen LogP) is -0.478. The van der Waals surface area contributed by atoms with Crippen molar-refractivity contribution in [1.29, 1.82) is 0 Å². The molecule has 0 aliphatic carbocycles. The largest absolute Gasteiger partial charge is 0.481 e. The molecule has 2 amide bonds. The van der Waals surface area contributed by atoms with Crippen LogP contribution in [0.1, 0.15) is 6.92 Å². The van der Waals surface area contributed by atoms with Crippen LogP contribution in [0.5, 0.6) is 0 Å². The minimum Gasteiger partial charge on any atom is -0.481 e. The van der Waals surface area contributed by atoms with Gasteiger partial charge in [0.05, 0.1) is 13.0 Å². The first kappa shape index (κ1) is 14.2. The van der Waals surface area contributed by atoms with Crippen molar-refractivity contribution in [2.24, 2.45) is 5.92 Å². The highest BCUT2D eigenvalue weighted by atomic mass is 16.5. The van der Waals surface area contributed by atoms with Gasteiger partial charge in [0.2, 0.25) is 5.91 Å². The van der Waals surface area contributed by atoms with Gasteiger partial charge in [-0.25, -0.2) is 4.79 Å². The van der Waals surface area contributed by atoms with Gasteiger partial charge in [-0.2, -0.15) is 0 Å². The summed E-state index contributed by atoms with van der Waals surface area (Å²) in [6, 6.07) is 0. The minimum atomic E-state index is -0.972. The molecule has 0 rings (SSSR count). The molecule has 0 spiro atoms. The lowest BCUT2D eigenvalue weighted by molar-refractivity contribution is -0.142. The maximum Gasteiger partial charge on any atom is 0.407 e. The molecule has 0 bridgehead atoms. The van der Waals surface area contributed by atoms with E-state index in [1.165, 1.54) is 26.0 Å². The number of nitrogens with zero attached hydrogens (tertiary/aromatic N) is 1. The number of alkyl carbamates (subject to hydrolysis) is 1. The molecule has 1 unspecified atom stereocenters. The van der Waals surface area contributed by atoms with Gasteiger partial charge in [-0.3, -0.25) is 9.59 Å². The smallest absolute Gasteiger partial charge is 0.407 e. The zero-order valence-corrected chi connectivity index (χ0v) is 9.52. The van der Waals surface area contributed by atoms with Crippen molar-refractivity contribution in [3.05, 3.63) is 0 Å². The molecule has 1 atom stereocenters. The summed E-state index contributed by atoms with van der Waals surface area (Å²) in [6.07, 6.45) is -0.701. The SMILES string of the molecule is COC(=O)NCC(=O)N(C)CC(C)C(=O)O. The standard InChI is InChI=1S/C9H16N2O5/c1-6(8(13)14)5-11(2)7(12)4-10-9(15)16-3/h6H,4-5H2,1-3H3,(H,10,15)(H,13,14). The molecule has 7 heteroatoms. The van der Waals surface area contributed by atoms with Gasteiger partial charge < -0.3 is 20.1 Å². The molecule has 0 aromatic heterocycles. The highest BCUT2D eigenvalue weighted by Crippen LogP contribution is 1.98. The highest BCUT2D eigenvalue weighted by molar-refractivity contribution is 5.82. The van der Waals surface area contributed by atoms with Crippen LogP contribution in [0.15, 0.2) is 0 Å². The quantitative estimate of drug-likeness (QED) is 0.667. The lowest BCUT2D eigenvalue weighted by Crippen LogP contribution is -2.40. The maximum atomic E-state index is 11.4. The zero-order chi connectivity index (χ0) is 12.7. The molecule has 0 fully saturated rings. The lowest BCUT2D eigenvalue weighted by Gasteiger charge is -2.19. The van der Waals surface area contributed by atoms with Crippen LogP contribution < -0.4 is 5.32 Å². The van der Waals surface area contributed by atoms with E-state index in [0.29, 0.717) is 0 Å². The van der Waals surface area contributed by atoms with E-state index in [1.807, 2.05) is 0 Å². The van der Waals surface area contributed by atoms with Gasteiger partial charge in [0, 0.05) is 13.6 Å². The average molecular weight is 232 g/mol. The summed E-state index contributed by atoms with van der Waals surface area (Å²) in [5, 5.41) is 10.9. The number of likely N-dealkylation sites (N-methyl/N-ethyl adjacent to an activating group) is 1. The molecule has 16 heavy (non-hydrogen) atoms. The Bertz CT molecular complexity index is 279. The first-order valence-corrected chi connectivity index (χ1v) is 4.67. The number of nitrogens with one attached hydrogen (secondary N) is 1. The molecule has 0 aromatic rings. The monoisotopic (exact) mass is 232 g/mol. The molecule has 0 radical (unpaired) electrons. The summed E-state index contributed by atoms with van der Waals surface area (Å²) in [5.74, 6) is -1.99. The average Bonchev–Trinajstić information content (AvgIpc) is 2.24. The molecular formula is C9H16N2O5. The van der Waals surface area contributed by atoms with E-state index in [1.54, 1.807) is 0 Å². The fourth-order valence-corrected chi connectivity index (χ4v) is 0.946. The summed E-state index contributed by atoms with van der Waals surface area (Å²) in [7, 11) is 2.66. The van der Waals surface area contributed by atoms with E-state index >= 15 is 0 Å². The number of ether oxygens (including phenoxy) is 1. The Morgan fingerprint density at radius 2 is 2.00 bits per heavy atom. The Balaban J connectivity index is 3.99. The first-order chi connectivity index (χ1) is 7.38. The van der Waals surface area contributed by atoms with Crippen molar-refractivity contribution < 1.29 is 24.2 Å². The van der Waals surface area contributed by atoms with E-state index in [-0.39, 0.29) is 19.0 Å². The van der Waals surface area contributed by atoms with Crippen LogP contribution in [0.2, 0.25) is 0 Å². The highest BCUT2D eigenvalue weighted by Gasteiger charge is 2.17. The van der Waals surface area contributed by atoms with Crippen LogP contribution in [-0.2, 0) is 14.3 Å². The summed E-state index contributed by atoms with van der Waals surface area (Å²) < 4.78 is 4.28. The number of rotatable bonds is 5. The molecule has 0 saturated carbocycles. The molecule has 0 saturated heterocycles. The molecule has 0 aliphatic heterocycles. The van der Waals surface area contributed by atoms with Crippen molar-refractivity contribution in [1.82, 2.24) is 10.2 Å². The van der Waals surface area contributed by atoms with Gasteiger partial charge in [0.25, 0.3) is 0 Å². The fraction of sp³-hybridized carbons (Fsp3) is 0.667. The predicted molar refractivity (Wildman–Crippen MR) is 54.8 cm³/mol. The van der Waals surface area contributed by atoms with Gasteiger partial charge >= 0.3 is 12.1 Å². The fourth-order valence-electron chi connectivity index (χ4n) is 0.946. The number of hydrogen-bond donors (Lipinski definition) is 2. The van der Waals surface area contributed by atoms with Crippen LogP contribution >= 0.6 is 0 Å². The third kappa shape index (κ3) is 5.18. The molecular weight excluding hydrogens is 216 g/mol. The van der Waals surface area contributed by atoms with Crippen LogP contribution in [0.3, 0.4) is 0 Å². The van der Waals surface area contributed by atoms with Gasteiger partial charge in [-0.15, -0.1) is 0 Å². The van der Waals surface area contributed by atoms with Crippen molar-refractivity contribution in [2.75, 3.05) is 27.2 Å². The Labute approximate surface area is 93.4 Å². The second-order valence-electron chi connectivity index (χ2n) is 3.36. The normalized spacial score (nSPS) is 11.4. The number of aliphatic carboxylic acids is 1. The Hall–Kier alpha value is -1.79. The third-order valence-electron chi connectivity index (χ3n) is 1.96. The third-order valence-corrected chi connectivity index (χ3v) is 1.96. The van der Waals surface area contributed by atoms with Crippen molar-refractivity contribution >= 4 is 18.0 Å². The van der Waals surface area contributed by atoms with Crippen LogP contribution in [0.4, 0.5) is 4.79 Å². The molecule has 0 heterocycles. The van der Waals surface area contributed by atoms with Gasteiger partial charge in [-0.1, -0.05) is 6.92 Å². The first-order valence-electron chi connectivity index (χ1n) is 4.67. The number of carboxylic acids is 1. The second-order valence-corrected chi connectivity index (χ2v) is 3.36. The Kier molecular flexibility index (Phi) is 5.91. The minimum absolute atomic E-state index is 0.0943. The molecule has 0 aromatic carbocycles. The summed E-state index contributed by atoms with van der Waals surface area (Å²) in [4.78, 5) is 33.8. The number of carboxylic acid groups (broad SMARTS) is 1. The molecule has 0 aliphatic rings. The van der Waals surface area contributed by atoms with E-state index < -0.39 is 18.0 Å². The number of methoxy groups -OCH3 is 1. The Morgan fingerprint density at radius 3 is 2.44 bits per heavy atom. The molecule has 2 N–H and O–H groups in total. The van der Waals surface area contributed by atoms with Crippen molar-refractivity contribution in [2.45, 2.75) is 6.92 Å². The van der Waals surface area contributed by atoms with Crippen LogP contribution in [0.25, 0.3) is 0 Å². The Morgan fingerprint density at radius 1 is 1.44 bits per heavy atom. The number of carbonyl (C=O) groups excluding carboxylic acids is 2. The summed E-state index contributed by atoms with van der Waals surface area (Å²) in [5.41, 5.74) is 0. The topological polar surface area (TPSA) is 95.9 Å².